The summed E-state index contributed by atoms with van der Waals surface area (Å²) in [6.45, 7) is 4.40. The molecule has 2 fully saturated rings. The van der Waals surface area contributed by atoms with E-state index >= 15 is 0 Å². The van der Waals surface area contributed by atoms with Gasteiger partial charge in [0.05, 0.1) is 11.9 Å². The Morgan fingerprint density at radius 3 is 2.25 bits per heavy atom. The molecule has 0 aliphatic heterocycles. The molecule has 0 unspecified atom stereocenters. The van der Waals surface area contributed by atoms with Crippen LogP contribution in [0.25, 0.3) is 0 Å². The van der Waals surface area contributed by atoms with Crippen molar-refractivity contribution in [3.05, 3.63) is 18.1 Å². The first-order chi connectivity index (χ1) is 7.81. The molecule has 16 heavy (non-hydrogen) atoms. The molecule has 1 aromatic heterocycles. The van der Waals surface area contributed by atoms with Gasteiger partial charge in [-0.25, -0.2) is 4.98 Å². The van der Waals surface area contributed by atoms with E-state index in [1.165, 1.54) is 38.8 Å². The van der Waals surface area contributed by atoms with Crippen LogP contribution in [0.3, 0.4) is 0 Å². The second kappa shape index (κ2) is 4.04. The first-order valence-corrected chi connectivity index (χ1v) is 6.35. The lowest BCUT2D eigenvalue weighted by molar-refractivity contribution is 0.669. The summed E-state index contributed by atoms with van der Waals surface area (Å²) < 4.78 is 0. The van der Waals surface area contributed by atoms with Gasteiger partial charge in [0.15, 0.2) is 0 Å². The zero-order valence-corrected chi connectivity index (χ0v) is 9.89. The first-order valence-electron chi connectivity index (χ1n) is 6.35. The Labute approximate surface area is 96.9 Å². The Bertz CT molecular complexity index is 355. The number of anilines is 1. The molecule has 0 radical (unpaired) electrons. The van der Waals surface area contributed by atoms with Crippen LogP contribution in [0.1, 0.15) is 31.4 Å². The van der Waals surface area contributed by atoms with Gasteiger partial charge in [-0.05, 0) is 44.4 Å². The van der Waals surface area contributed by atoms with E-state index in [0.717, 1.165) is 23.3 Å². The molecule has 0 amide bonds. The van der Waals surface area contributed by atoms with Crippen molar-refractivity contribution in [1.82, 2.24) is 9.97 Å². The van der Waals surface area contributed by atoms with Gasteiger partial charge >= 0.3 is 0 Å². The molecule has 0 atom stereocenters. The standard InChI is InChI=1S/C13H19N3/c1-10-6-14-7-13(15-10)16(8-11-2-3-11)9-12-4-5-12/h6-7,11-12H,2-5,8-9H2,1H3. The Hall–Kier alpha value is -1.12. The third kappa shape index (κ3) is 2.52. The molecule has 3 nitrogen and oxygen atoms in total. The van der Waals surface area contributed by atoms with Crippen LogP contribution < -0.4 is 4.90 Å². The number of aromatic nitrogens is 2. The zero-order valence-electron chi connectivity index (χ0n) is 9.89. The predicted molar refractivity (Wildman–Crippen MR) is 64.4 cm³/mol. The van der Waals surface area contributed by atoms with Crippen molar-refractivity contribution in [2.24, 2.45) is 11.8 Å². The molecule has 2 saturated carbocycles. The summed E-state index contributed by atoms with van der Waals surface area (Å²) >= 11 is 0. The lowest BCUT2D eigenvalue weighted by Gasteiger charge is -2.23. The summed E-state index contributed by atoms with van der Waals surface area (Å²) in [6.07, 6.45) is 9.36. The Morgan fingerprint density at radius 1 is 1.12 bits per heavy atom. The second-order valence-electron chi connectivity index (χ2n) is 5.31. The fourth-order valence-electron chi connectivity index (χ4n) is 2.09. The van der Waals surface area contributed by atoms with E-state index in [0.29, 0.717) is 0 Å². The highest BCUT2D eigenvalue weighted by Gasteiger charge is 2.29. The largest absolute Gasteiger partial charge is 0.355 e. The molecule has 3 heteroatoms. The predicted octanol–water partition coefficient (Wildman–Crippen LogP) is 2.41. The molecule has 0 bridgehead atoms. The molecule has 86 valence electrons. The van der Waals surface area contributed by atoms with Gasteiger partial charge in [-0.15, -0.1) is 0 Å². The highest BCUT2D eigenvalue weighted by atomic mass is 15.2. The van der Waals surface area contributed by atoms with Gasteiger partial charge in [-0.1, -0.05) is 0 Å². The lowest BCUT2D eigenvalue weighted by atomic mass is 10.3. The summed E-state index contributed by atoms with van der Waals surface area (Å²) in [6, 6.07) is 0. The minimum Gasteiger partial charge on any atom is -0.355 e. The minimum atomic E-state index is 0.918. The molecular weight excluding hydrogens is 198 g/mol. The second-order valence-corrected chi connectivity index (χ2v) is 5.31. The first kappa shape index (κ1) is 10.1. The topological polar surface area (TPSA) is 29.0 Å². The van der Waals surface area contributed by atoms with Crippen LogP contribution in [0.4, 0.5) is 5.82 Å². The molecule has 2 aliphatic carbocycles. The van der Waals surface area contributed by atoms with E-state index < -0.39 is 0 Å². The van der Waals surface area contributed by atoms with Gasteiger partial charge in [-0.3, -0.25) is 4.98 Å². The fraction of sp³-hybridized carbons (Fsp3) is 0.692. The van der Waals surface area contributed by atoms with Gasteiger partial charge in [0, 0.05) is 19.3 Å². The summed E-state index contributed by atoms with van der Waals surface area (Å²) in [5.41, 5.74) is 1.02. The molecule has 0 N–H and O–H groups in total. The monoisotopic (exact) mass is 217 g/mol. The van der Waals surface area contributed by atoms with Crippen LogP contribution in [0.5, 0.6) is 0 Å². The van der Waals surface area contributed by atoms with E-state index in [1.807, 2.05) is 19.3 Å². The Kier molecular flexibility index (Phi) is 2.54. The number of hydrogen-bond donors (Lipinski definition) is 0. The van der Waals surface area contributed by atoms with Crippen molar-refractivity contribution in [3.63, 3.8) is 0 Å². The maximum atomic E-state index is 4.60. The molecule has 3 rings (SSSR count). The maximum Gasteiger partial charge on any atom is 0.147 e. The molecule has 2 aliphatic rings. The van der Waals surface area contributed by atoms with Gasteiger partial charge in [0.25, 0.3) is 0 Å². The van der Waals surface area contributed by atoms with Crippen LogP contribution in [0, 0.1) is 18.8 Å². The molecule has 0 spiro atoms. The van der Waals surface area contributed by atoms with E-state index in [-0.39, 0.29) is 0 Å². The summed E-state index contributed by atoms with van der Waals surface area (Å²) in [4.78, 5) is 11.3. The van der Waals surface area contributed by atoms with Crippen LogP contribution in [-0.2, 0) is 0 Å². The van der Waals surface area contributed by atoms with Crippen molar-refractivity contribution in [2.45, 2.75) is 32.6 Å². The number of hydrogen-bond acceptors (Lipinski definition) is 3. The normalized spacial score (nSPS) is 19.8. The fourth-order valence-corrected chi connectivity index (χ4v) is 2.09. The molecular formula is C13H19N3. The van der Waals surface area contributed by atoms with Crippen molar-refractivity contribution < 1.29 is 0 Å². The zero-order chi connectivity index (χ0) is 11.0. The van der Waals surface area contributed by atoms with Crippen molar-refractivity contribution >= 4 is 5.82 Å². The van der Waals surface area contributed by atoms with Crippen LogP contribution in [0.15, 0.2) is 12.4 Å². The molecule has 0 saturated heterocycles. The van der Waals surface area contributed by atoms with E-state index in [1.54, 1.807) is 0 Å². The number of rotatable bonds is 5. The number of nitrogens with zero attached hydrogens (tertiary/aromatic N) is 3. The van der Waals surface area contributed by atoms with Crippen LogP contribution in [-0.4, -0.2) is 23.1 Å². The highest BCUT2D eigenvalue weighted by Crippen LogP contribution is 2.35. The Balaban J connectivity index is 1.73. The minimum absolute atomic E-state index is 0.918. The molecule has 1 aromatic rings. The smallest absolute Gasteiger partial charge is 0.147 e. The molecule has 0 aromatic carbocycles. The van der Waals surface area contributed by atoms with Crippen molar-refractivity contribution in [3.8, 4) is 0 Å². The SMILES string of the molecule is Cc1cncc(N(CC2CC2)CC2CC2)n1. The van der Waals surface area contributed by atoms with Gasteiger partial charge in [0.1, 0.15) is 5.82 Å². The number of aryl methyl sites for hydroxylation is 1. The third-order valence-electron chi connectivity index (χ3n) is 3.42. The van der Waals surface area contributed by atoms with Crippen molar-refractivity contribution in [2.75, 3.05) is 18.0 Å². The quantitative estimate of drug-likeness (QED) is 0.758. The summed E-state index contributed by atoms with van der Waals surface area (Å²) in [5, 5.41) is 0. The average Bonchev–Trinajstić information content (AvgIpc) is 3.11. The van der Waals surface area contributed by atoms with Gasteiger partial charge < -0.3 is 4.90 Å². The maximum absolute atomic E-state index is 4.60. The molecule has 1 heterocycles. The van der Waals surface area contributed by atoms with E-state index in [2.05, 4.69) is 14.9 Å². The third-order valence-corrected chi connectivity index (χ3v) is 3.42. The van der Waals surface area contributed by atoms with E-state index in [4.69, 9.17) is 0 Å². The van der Waals surface area contributed by atoms with Crippen LogP contribution in [0.2, 0.25) is 0 Å². The lowest BCUT2D eigenvalue weighted by Crippen LogP contribution is -2.29. The van der Waals surface area contributed by atoms with Gasteiger partial charge in [-0.2, -0.15) is 0 Å². The van der Waals surface area contributed by atoms with Crippen LogP contribution >= 0.6 is 0 Å². The summed E-state index contributed by atoms with van der Waals surface area (Å²) in [5.74, 6) is 2.92. The van der Waals surface area contributed by atoms with E-state index in [9.17, 15) is 0 Å². The highest BCUT2D eigenvalue weighted by molar-refractivity contribution is 5.37. The van der Waals surface area contributed by atoms with Crippen molar-refractivity contribution in [1.29, 1.82) is 0 Å². The average molecular weight is 217 g/mol. The summed E-state index contributed by atoms with van der Waals surface area (Å²) in [7, 11) is 0. The van der Waals surface area contributed by atoms with Gasteiger partial charge in [0.2, 0.25) is 0 Å². The Morgan fingerprint density at radius 2 is 1.75 bits per heavy atom.